The van der Waals surface area contributed by atoms with E-state index in [1.165, 1.54) is 0 Å². The lowest BCUT2D eigenvalue weighted by Gasteiger charge is -2.40. The van der Waals surface area contributed by atoms with Gasteiger partial charge in [0.1, 0.15) is 5.75 Å². The van der Waals surface area contributed by atoms with Crippen LogP contribution in [0.5, 0.6) is 5.75 Å². The third-order valence-electron chi connectivity index (χ3n) is 6.72. The maximum absolute atomic E-state index is 13.4. The number of piperazine rings is 1. The Bertz CT molecular complexity index is 1060. The molecule has 1 aromatic rings. The number of aryl methyl sites for hydroxylation is 1. The van der Waals surface area contributed by atoms with Crippen LogP contribution in [0.1, 0.15) is 45.1 Å². The molecule has 1 aromatic carbocycles. The molecule has 1 unspecified atom stereocenters. The van der Waals surface area contributed by atoms with Crippen LogP contribution in [0.3, 0.4) is 0 Å². The summed E-state index contributed by atoms with van der Waals surface area (Å²) < 4.78 is 34.3. The molecule has 1 aliphatic carbocycles. The van der Waals surface area contributed by atoms with E-state index in [0.29, 0.717) is 51.1 Å². The first-order chi connectivity index (χ1) is 16.8. The quantitative estimate of drug-likeness (QED) is 0.504. The van der Waals surface area contributed by atoms with Gasteiger partial charge in [-0.25, -0.2) is 13.1 Å². The Balaban J connectivity index is 1.59. The van der Waals surface area contributed by atoms with Crippen molar-refractivity contribution >= 4 is 15.9 Å². The van der Waals surface area contributed by atoms with Gasteiger partial charge in [0.05, 0.1) is 17.5 Å². The summed E-state index contributed by atoms with van der Waals surface area (Å²) in [5.74, 6) is 0.758. The topological polar surface area (TPSA) is 87.7 Å². The zero-order valence-electron chi connectivity index (χ0n) is 21.1. The second kappa shape index (κ2) is 12.5. The third-order valence-corrected chi connectivity index (χ3v) is 8.24. The van der Waals surface area contributed by atoms with Crippen molar-refractivity contribution in [3.63, 3.8) is 0 Å². The number of benzene rings is 1. The van der Waals surface area contributed by atoms with Gasteiger partial charge in [0.15, 0.2) is 0 Å². The molecule has 1 aliphatic heterocycles. The minimum atomic E-state index is -3.64. The molecule has 192 valence electrons. The fourth-order valence-corrected chi connectivity index (χ4v) is 6.18. The predicted molar refractivity (Wildman–Crippen MR) is 140 cm³/mol. The zero-order chi connectivity index (χ0) is 25.4. The molecular formula is C27H39N3O4S. The largest absolute Gasteiger partial charge is 0.494 e. The van der Waals surface area contributed by atoms with Gasteiger partial charge < -0.3 is 15.0 Å². The van der Waals surface area contributed by atoms with Crippen molar-refractivity contribution in [1.82, 2.24) is 14.9 Å². The molecule has 1 heterocycles. The standard InChI is InChI=1S/C27H39N3O4S/c1-5-7-8-9-20(3)25-19-28-16-17-30(25)27(31)22-10-12-23(13-11-22)29-35(32,33)24-14-15-26(34-6-2)21(4)18-24/h5,7-9,14-15,18,22-23,25,28-29H,3,6,10-13,16-17,19H2,1-2,4H3. The van der Waals surface area contributed by atoms with Gasteiger partial charge in [0, 0.05) is 31.6 Å². The molecule has 0 spiro atoms. The molecule has 3 rings (SSSR count). The van der Waals surface area contributed by atoms with Crippen molar-refractivity contribution in [2.24, 2.45) is 5.92 Å². The van der Waals surface area contributed by atoms with Crippen LogP contribution in [-0.4, -0.2) is 57.5 Å². The molecule has 0 radical (unpaired) electrons. The molecule has 0 bridgehead atoms. The van der Waals surface area contributed by atoms with Crippen LogP contribution >= 0.6 is 0 Å². The van der Waals surface area contributed by atoms with Gasteiger partial charge in [0.2, 0.25) is 15.9 Å². The second-order valence-corrected chi connectivity index (χ2v) is 11.0. The highest BCUT2D eigenvalue weighted by Crippen LogP contribution is 2.29. The number of ether oxygens (including phenoxy) is 1. The number of rotatable bonds is 9. The van der Waals surface area contributed by atoms with E-state index < -0.39 is 10.0 Å². The van der Waals surface area contributed by atoms with E-state index in [2.05, 4.69) is 16.6 Å². The molecule has 2 aliphatic rings. The first kappa shape index (κ1) is 27.2. The summed E-state index contributed by atoms with van der Waals surface area (Å²) in [7, 11) is -3.64. The molecule has 2 fully saturated rings. The van der Waals surface area contributed by atoms with Gasteiger partial charge in [-0.1, -0.05) is 30.9 Å². The van der Waals surface area contributed by atoms with Gasteiger partial charge in [-0.05, 0) is 75.8 Å². The van der Waals surface area contributed by atoms with Gasteiger partial charge in [0.25, 0.3) is 0 Å². The number of hydrogen-bond acceptors (Lipinski definition) is 5. The van der Waals surface area contributed by atoms with Crippen molar-refractivity contribution in [2.75, 3.05) is 26.2 Å². The first-order valence-corrected chi connectivity index (χ1v) is 14.0. The highest BCUT2D eigenvalue weighted by molar-refractivity contribution is 7.89. The van der Waals surface area contributed by atoms with Crippen molar-refractivity contribution in [3.8, 4) is 5.75 Å². The Morgan fingerprint density at radius 3 is 2.66 bits per heavy atom. The van der Waals surface area contributed by atoms with Crippen LogP contribution in [0, 0.1) is 12.8 Å². The maximum atomic E-state index is 13.4. The number of amides is 1. The average Bonchev–Trinajstić information content (AvgIpc) is 2.85. The highest BCUT2D eigenvalue weighted by Gasteiger charge is 2.35. The minimum absolute atomic E-state index is 0.0584. The normalized spacial score (nSPS) is 23.6. The number of carbonyl (C=O) groups is 1. The summed E-state index contributed by atoms with van der Waals surface area (Å²) in [5, 5.41) is 3.37. The lowest BCUT2D eigenvalue weighted by Crippen LogP contribution is -2.56. The second-order valence-electron chi connectivity index (χ2n) is 9.24. The first-order valence-electron chi connectivity index (χ1n) is 12.5. The zero-order valence-corrected chi connectivity index (χ0v) is 21.9. The Morgan fingerprint density at radius 2 is 2.00 bits per heavy atom. The van der Waals surface area contributed by atoms with Crippen molar-refractivity contribution < 1.29 is 17.9 Å². The van der Waals surface area contributed by atoms with Gasteiger partial charge >= 0.3 is 0 Å². The van der Waals surface area contributed by atoms with Crippen LogP contribution in [0.25, 0.3) is 0 Å². The average molecular weight is 502 g/mol. The predicted octanol–water partition coefficient (Wildman–Crippen LogP) is 3.72. The van der Waals surface area contributed by atoms with Crippen LogP contribution < -0.4 is 14.8 Å². The number of carbonyl (C=O) groups excluding carboxylic acids is 1. The molecule has 8 heteroatoms. The third kappa shape index (κ3) is 7.06. The smallest absolute Gasteiger partial charge is 0.240 e. The Hall–Kier alpha value is -2.42. The van der Waals surface area contributed by atoms with E-state index >= 15 is 0 Å². The summed E-state index contributed by atoms with van der Waals surface area (Å²) in [6.45, 7) is 12.5. The molecular weight excluding hydrogens is 462 g/mol. The van der Waals surface area contributed by atoms with Crippen molar-refractivity contribution in [2.45, 2.75) is 63.4 Å². The van der Waals surface area contributed by atoms with E-state index in [1.54, 1.807) is 18.2 Å². The SMILES string of the molecule is C=C(C=CC=CC)C1CNCCN1C(=O)C1CCC(NS(=O)(=O)c2ccc(OCC)c(C)c2)CC1. The van der Waals surface area contributed by atoms with Gasteiger partial charge in [-0.2, -0.15) is 0 Å². The summed E-state index contributed by atoms with van der Waals surface area (Å²) in [6, 6.07) is 4.70. The molecule has 1 saturated carbocycles. The number of allylic oxidation sites excluding steroid dienone is 3. The van der Waals surface area contributed by atoms with Crippen molar-refractivity contribution in [3.05, 3.63) is 60.2 Å². The Morgan fingerprint density at radius 1 is 1.26 bits per heavy atom. The summed E-state index contributed by atoms with van der Waals surface area (Å²) in [5.41, 5.74) is 1.70. The van der Waals surface area contributed by atoms with E-state index in [4.69, 9.17) is 4.74 Å². The fraction of sp³-hybridized carbons (Fsp3) is 0.519. The summed E-state index contributed by atoms with van der Waals surface area (Å²) >= 11 is 0. The number of nitrogens with one attached hydrogen (secondary N) is 2. The maximum Gasteiger partial charge on any atom is 0.240 e. The van der Waals surface area contributed by atoms with Gasteiger partial charge in [-0.3, -0.25) is 4.79 Å². The van der Waals surface area contributed by atoms with E-state index in [1.807, 2.05) is 50.0 Å². The van der Waals surface area contributed by atoms with Crippen LogP contribution in [0.15, 0.2) is 59.6 Å². The van der Waals surface area contributed by atoms with E-state index in [9.17, 15) is 13.2 Å². The number of hydrogen-bond donors (Lipinski definition) is 2. The summed E-state index contributed by atoms with van der Waals surface area (Å²) in [6.07, 6.45) is 10.4. The lowest BCUT2D eigenvalue weighted by molar-refractivity contribution is -0.139. The van der Waals surface area contributed by atoms with E-state index in [-0.39, 0.29) is 28.8 Å². The molecule has 0 aromatic heterocycles. The minimum Gasteiger partial charge on any atom is -0.494 e. The highest BCUT2D eigenvalue weighted by atomic mass is 32.2. The van der Waals surface area contributed by atoms with Crippen LogP contribution in [0.2, 0.25) is 0 Å². The monoisotopic (exact) mass is 501 g/mol. The summed E-state index contributed by atoms with van der Waals surface area (Å²) in [4.78, 5) is 15.6. The molecule has 1 atom stereocenters. The fourth-order valence-electron chi connectivity index (χ4n) is 4.79. The molecule has 1 saturated heterocycles. The molecule has 35 heavy (non-hydrogen) atoms. The lowest BCUT2D eigenvalue weighted by atomic mass is 9.85. The van der Waals surface area contributed by atoms with Gasteiger partial charge in [-0.15, -0.1) is 0 Å². The van der Waals surface area contributed by atoms with Crippen molar-refractivity contribution in [1.29, 1.82) is 0 Å². The molecule has 7 nitrogen and oxygen atoms in total. The van der Waals surface area contributed by atoms with Crippen LogP contribution in [0.4, 0.5) is 0 Å². The molecule has 2 N–H and O–H groups in total. The molecule has 1 amide bonds. The Labute approximate surface area is 210 Å². The van der Waals surface area contributed by atoms with E-state index in [0.717, 1.165) is 17.7 Å². The number of sulfonamides is 1. The van der Waals surface area contributed by atoms with Crippen LogP contribution in [-0.2, 0) is 14.8 Å². The number of nitrogens with zero attached hydrogens (tertiary/aromatic N) is 1. The Kier molecular flexibility index (Phi) is 9.71.